The molecule has 0 fully saturated rings. The normalized spacial score (nSPS) is 10.5. The van der Waals surface area contributed by atoms with Gasteiger partial charge in [-0.1, -0.05) is 0 Å². The number of aryl methyl sites for hydroxylation is 1. The maximum atomic E-state index is 11.3. The van der Waals surface area contributed by atoms with E-state index in [1.54, 1.807) is 6.20 Å². The van der Waals surface area contributed by atoms with E-state index in [1.165, 1.54) is 5.56 Å². The van der Waals surface area contributed by atoms with Gasteiger partial charge in [0.15, 0.2) is 0 Å². The van der Waals surface area contributed by atoms with Gasteiger partial charge in [0.05, 0.1) is 6.54 Å². The Kier molecular flexibility index (Phi) is 4.92. The third kappa shape index (κ3) is 4.40. The maximum absolute atomic E-state index is 11.3. The first-order chi connectivity index (χ1) is 7.59. The Bertz CT molecular complexity index is 350. The Labute approximate surface area is 96.5 Å². The van der Waals surface area contributed by atoms with Crippen molar-refractivity contribution in [2.45, 2.75) is 33.4 Å². The number of pyridine rings is 1. The molecule has 1 aromatic heterocycles. The molecule has 4 heteroatoms. The highest BCUT2D eigenvalue weighted by Crippen LogP contribution is 2.03. The summed E-state index contributed by atoms with van der Waals surface area (Å²) in [6, 6.07) is 2.15. The lowest BCUT2D eigenvalue weighted by molar-refractivity contribution is -0.120. The van der Waals surface area contributed by atoms with Gasteiger partial charge in [-0.15, -0.1) is 0 Å². The van der Waals surface area contributed by atoms with E-state index >= 15 is 0 Å². The number of carbonyl (C=O) groups is 1. The first-order valence-electron chi connectivity index (χ1n) is 5.49. The lowest BCUT2D eigenvalue weighted by Gasteiger charge is -2.09. The van der Waals surface area contributed by atoms with Crippen molar-refractivity contribution in [2.75, 3.05) is 6.54 Å². The largest absolute Gasteiger partial charge is 0.353 e. The lowest BCUT2D eigenvalue weighted by atomic mass is 10.1. The molecule has 88 valence electrons. The summed E-state index contributed by atoms with van der Waals surface area (Å²) in [4.78, 5) is 15.4. The van der Waals surface area contributed by atoms with E-state index in [4.69, 9.17) is 0 Å². The first-order valence-corrected chi connectivity index (χ1v) is 5.49. The zero-order valence-electron chi connectivity index (χ0n) is 10.1. The van der Waals surface area contributed by atoms with Crippen molar-refractivity contribution < 1.29 is 4.79 Å². The predicted octanol–water partition coefficient (Wildman–Crippen LogP) is 1.00. The van der Waals surface area contributed by atoms with Crippen molar-refractivity contribution in [3.63, 3.8) is 0 Å². The molecule has 0 aliphatic carbocycles. The molecule has 0 aliphatic rings. The molecular weight excluding hydrogens is 202 g/mol. The minimum atomic E-state index is 0.0246. The van der Waals surface area contributed by atoms with Gasteiger partial charge in [-0.3, -0.25) is 9.78 Å². The molecule has 0 bridgehead atoms. The molecule has 0 atom stereocenters. The molecule has 4 nitrogen and oxygen atoms in total. The number of aromatic nitrogens is 1. The number of carbonyl (C=O) groups excluding carboxylic acids is 1. The number of hydrogen-bond acceptors (Lipinski definition) is 3. The van der Waals surface area contributed by atoms with Gasteiger partial charge in [-0.25, -0.2) is 0 Å². The van der Waals surface area contributed by atoms with Crippen LogP contribution in [0, 0.1) is 6.92 Å². The molecule has 0 unspecified atom stereocenters. The van der Waals surface area contributed by atoms with Crippen LogP contribution in [-0.2, 0) is 11.3 Å². The van der Waals surface area contributed by atoms with Crippen molar-refractivity contribution >= 4 is 5.91 Å². The summed E-state index contributed by atoms with van der Waals surface area (Å²) in [5.41, 5.74) is 2.31. The molecule has 0 aliphatic heterocycles. The number of amides is 1. The Morgan fingerprint density at radius 2 is 2.25 bits per heavy atom. The molecule has 1 rings (SSSR count). The number of nitrogens with zero attached hydrogens (tertiary/aromatic N) is 1. The molecule has 0 spiro atoms. The van der Waals surface area contributed by atoms with E-state index in [9.17, 15) is 4.79 Å². The van der Waals surface area contributed by atoms with E-state index in [0.29, 0.717) is 13.1 Å². The highest BCUT2D eigenvalue weighted by Gasteiger charge is 2.03. The fourth-order valence-corrected chi connectivity index (χ4v) is 1.37. The highest BCUT2D eigenvalue weighted by atomic mass is 16.1. The zero-order chi connectivity index (χ0) is 12.0. The molecule has 0 radical (unpaired) electrons. The average Bonchev–Trinajstić information content (AvgIpc) is 2.19. The second-order valence-electron chi connectivity index (χ2n) is 4.13. The lowest BCUT2D eigenvalue weighted by Crippen LogP contribution is -2.37. The summed E-state index contributed by atoms with van der Waals surface area (Å²) >= 11 is 0. The molecule has 1 heterocycles. The third-order valence-corrected chi connectivity index (χ3v) is 2.20. The summed E-state index contributed by atoms with van der Waals surface area (Å²) in [6.07, 6.45) is 3.59. The van der Waals surface area contributed by atoms with Crippen LogP contribution in [0.5, 0.6) is 0 Å². The highest BCUT2D eigenvalue weighted by molar-refractivity contribution is 5.78. The number of rotatable bonds is 5. The van der Waals surface area contributed by atoms with Crippen LogP contribution in [0.15, 0.2) is 18.5 Å². The number of nitrogens with one attached hydrogen (secondary N) is 2. The average molecular weight is 221 g/mol. The summed E-state index contributed by atoms with van der Waals surface area (Å²) in [5.74, 6) is 0.0246. The Hall–Kier alpha value is -1.42. The van der Waals surface area contributed by atoms with E-state index in [-0.39, 0.29) is 11.9 Å². The van der Waals surface area contributed by atoms with Gasteiger partial charge < -0.3 is 10.6 Å². The van der Waals surface area contributed by atoms with Gasteiger partial charge in [0, 0.05) is 25.0 Å². The van der Waals surface area contributed by atoms with Crippen LogP contribution in [0.4, 0.5) is 0 Å². The monoisotopic (exact) mass is 221 g/mol. The van der Waals surface area contributed by atoms with Crippen molar-refractivity contribution in [3.8, 4) is 0 Å². The van der Waals surface area contributed by atoms with Crippen LogP contribution in [0.25, 0.3) is 0 Å². The van der Waals surface area contributed by atoms with Crippen LogP contribution in [0.3, 0.4) is 0 Å². The maximum Gasteiger partial charge on any atom is 0.234 e. The second kappa shape index (κ2) is 6.23. The molecular formula is C12H19N3O. The van der Waals surface area contributed by atoms with Crippen molar-refractivity contribution in [3.05, 3.63) is 29.6 Å². The van der Waals surface area contributed by atoms with Crippen LogP contribution in [0.1, 0.15) is 25.0 Å². The summed E-state index contributed by atoms with van der Waals surface area (Å²) in [6.45, 7) is 6.94. The topological polar surface area (TPSA) is 54.0 Å². The quantitative estimate of drug-likeness (QED) is 0.780. The van der Waals surface area contributed by atoms with Gasteiger partial charge in [0.1, 0.15) is 0 Å². The molecule has 2 N–H and O–H groups in total. The smallest absolute Gasteiger partial charge is 0.234 e. The van der Waals surface area contributed by atoms with E-state index in [2.05, 4.69) is 15.6 Å². The van der Waals surface area contributed by atoms with Gasteiger partial charge in [0.2, 0.25) is 5.91 Å². The van der Waals surface area contributed by atoms with E-state index in [0.717, 1.165) is 5.56 Å². The molecule has 16 heavy (non-hydrogen) atoms. The Morgan fingerprint density at radius 3 is 2.88 bits per heavy atom. The minimum Gasteiger partial charge on any atom is -0.353 e. The van der Waals surface area contributed by atoms with Crippen LogP contribution in [-0.4, -0.2) is 23.5 Å². The van der Waals surface area contributed by atoms with Gasteiger partial charge in [0.25, 0.3) is 0 Å². The fraction of sp³-hybridized carbons (Fsp3) is 0.500. The molecule has 0 saturated carbocycles. The Balaban J connectivity index is 2.31. The second-order valence-corrected chi connectivity index (χ2v) is 4.13. The van der Waals surface area contributed by atoms with Crippen LogP contribution < -0.4 is 10.6 Å². The number of hydrogen-bond donors (Lipinski definition) is 2. The molecule has 1 aromatic rings. The van der Waals surface area contributed by atoms with Gasteiger partial charge in [-0.05, 0) is 38.0 Å². The fourth-order valence-electron chi connectivity index (χ4n) is 1.37. The molecule has 0 aromatic carbocycles. The summed E-state index contributed by atoms with van der Waals surface area (Å²) in [5, 5.41) is 5.92. The predicted molar refractivity (Wildman–Crippen MR) is 64.0 cm³/mol. The van der Waals surface area contributed by atoms with Crippen molar-refractivity contribution in [1.29, 1.82) is 0 Å². The summed E-state index contributed by atoms with van der Waals surface area (Å²) in [7, 11) is 0. The third-order valence-electron chi connectivity index (χ3n) is 2.20. The van der Waals surface area contributed by atoms with Crippen LogP contribution >= 0.6 is 0 Å². The van der Waals surface area contributed by atoms with E-state index < -0.39 is 0 Å². The van der Waals surface area contributed by atoms with Crippen molar-refractivity contribution in [2.24, 2.45) is 0 Å². The molecule has 1 amide bonds. The Morgan fingerprint density at radius 1 is 1.50 bits per heavy atom. The zero-order valence-corrected chi connectivity index (χ0v) is 10.1. The standard InChI is InChI=1S/C12H19N3O/c1-9(2)15-12(16)8-14-7-11-6-13-5-4-10(11)3/h4-6,9,14H,7-8H2,1-3H3,(H,15,16). The van der Waals surface area contributed by atoms with E-state index in [1.807, 2.05) is 33.0 Å². The minimum absolute atomic E-state index is 0.0246. The molecule has 0 saturated heterocycles. The van der Waals surface area contributed by atoms with Crippen LogP contribution in [0.2, 0.25) is 0 Å². The van der Waals surface area contributed by atoms with Crippen molar-refractivity contribution in [1.82, 2.24) is 15.6 Å². The van der Waals surface area contributed by atoms with Gasteiger partial charge >= 0.3 is 0 Å². The van der Waals surface area contributed by atoms with Gasteiger partial charge in [-0.2, -0.15) is 0 Å². The summed E-state index contributed by atoms with van der Waals surface area (Å²) < 4.78 is 0. The first kappa shape index (κ1) is 12.6. The SMILES string of the molecule is Cc1ccncc1CNCC(=O)NC(C)C.